The summed E-state index contributed by atoms with van der Waals surface area (Å²) in [6.45, 7) is 6.49. The Morgan fingerprint density at radius 1 is 1.18 bits per heavy atom. The number of aryl methyl sites for hydroxylation is 1. The van der Waals surface area contributed by atoms with Crippen LogP contribution in [0.5, 0.6) is 0 Å². The largest absolute Gasteiger partial charge is 1.00 e. The van der Waals surface area contributed by atoms with Crippen molar-refractivity contribution in [1.82, 2.24) is 0 Å². The van der Waals surface area contributed by atoms with Gasteiger partial charge in [-0.15, -0.1) is 39.6 Å². The van der Waals surface area contributed by atoms with Crippen molar-refractivity contribution in [3.8, 4) is 0 Å². The molecule has 0 aliphatic heterocycles. The predicted molar refractivity (Wildman–Crippen MR) is 87.0 cm³/mol. The second-order valence-corrected chi connectivity index (χ2v) is 7.76. The number of hydrogen-bond acceptors (Lipinski definition) is 0. The summed E-state index contributed by atoms with van der Waals surface area (Å²) >= 11 is 1.55. The first-order valence-corrected chi connectivity index (χ1v) is 8.41. The summed E-state index contributed by atoms with van der Waals surface area (Å²) in [6, 6.07) is 11.0. The molecule has 0 amide bonds. The average molecular weight is 412 g/mol. The molecule has 0 bridgehead atoms. The minimum atomic E-state index is 0. The Morgan fingerprint density at radius 2 is 1.82 bits per heavy atom. The maximum Gasteiger partial charge on any atom is -1.00 e. The molecule has 0 fully saturated rings. The van der Waals surface area contributed by atoms with Gasteiger partial charge in [0.05, 0.1) is 0 Å². The maximum absolute atomic E-state index is 2.34. The van der Waals surface area contributed by atoms with E-state index in [1.54, 1.807) is 24.2 Å². The third-order valence-electron chi connectivity index (χ3n) is 3.38. The van der Waals surface area contributed by atoms with Gasteiger partial charge >= 0.3 is 41.3 Å². The summed E-state index contributed by atoms with van der Waals surface area (Å²) in [4.78, 5) is 0. The summed E-state index contributed by atoms with van der Waals surface area (Å²) < 4.78 is 1.51. The van der Waals surface area contributed by atoms with E-state index in [2.05, 4.69) is 69.3 Å². The Kier molecular flexibility index (Phi) is 10.3. The summed E-state index contributed by atoms with van der Waals surface area (Å²) in [5.41, 5.74) is 4.42. The molecule has 0 radical (unpaired) electrons. The Bertz CT molecular complexity index is 674. The fraction of sp³-hybridized carbons (Fsp3) is 0.263. The second kappa shape index (κ2) is 10.4. The van der Waals surface area contributed by atoms with Gasteiger partial charge in [-0.2, -0.15) is 0 Å². The van der Waals surface area contributed by atoms with E-state index in [1.165, 1.54) is 30.7 Å². The normalized spacial score (nSPS) is 12.0. The first kappa shape index (κ1) is 21.6. The maximum atomic E-state index is 2.34. The standard InChI is InChI=1S/C16H15.C3H6.2ClH.Zr/c1-2-14-15-10-6-5-9-13(15)11-16(14)12-7-3-4-8-12;1-3-2;;;/h3-7,9-11H,2,8H2,1H3;1-2H3;2*1H;/q-1;;;;+2/p-2. The topological polar surface area (TPSA) is 0 Å². The van der Waals surface area contributed by atoms with Crippen molar-refractivity contribution in [1.29, 1.82) is 0 Å². The van der Waals surface area contributed by atoms with Crippen molar-refractivity contribution < 1.29 is 49.0 Å². The van der Waals surface area contributed by atoms with Gasteiger partial charge < -0.3 is 24.8 Å². The van der Waals surface area contributed by atoms with Crippen LogP contribution in [-0.2, 0) is 30.7 Å². The summed E-state index contributed by atoms with van der Waals surface area (Å²) in [5.74, 6) is 0. The monoisotopic (exact) mass is 409 g/mol. The van der Waals surface area contributed by atoms with Gasteiger partial charge in [-0.3, -0.25) is 0 Å². The van der Waals surface area contributed by atoms with Gasteiger partial charge in [0.1, 0.15) is 0 Å². The van der Waals surface area contributed by atoms with Gasteiger partial charge in [0.15, 0.2) is 0 Å². The van der Waals surface area contributed by atoms with Crippen LogP contribution in [0.3, 0.4) is 0 Å². The predicted octanol–water partition coefficient (Wildman–Crippen LogP) is -0.782. The Hall–Kier alpha value is -0.357. The number of fused-ring (bicyclic) bond motifs is 1. The zero-order valence-electron chi connectivity index (χ0n) is 13.3. The molecule has 3 heteroatoms. The first-order chi connectivity index (χ1) is 9.63. The number of hydrogen-bond donors (Lipinski definition) is 0. The van der Waals surface area contributed by atoms with Crippen LogP contribution in [0, 0.1) is 0 Å². The van der Waals surface area contributed by atoms with Gasteiger partial charge in [0, 0.05) is 0 Å². The van der Waals surface area contributed by atoms with Gasteiger partial charge in [0.2, 0.25) is 0 Å². The molecule has 0 saturated heterocycles. The van der Waals surface area contributed by atoms with Crippen LogP contribution in [0.4, 0.5) is 0 Å². The molecule has 0 nitrogen and oxygen atoms in total. The number of allylic oxidation sites excluding steroid dienone is 4. The van der Waals surface area contributed by atoms with E-state index in [0.717, 1.165) is 12.8 Å². The van der Waals surface area contributed by atoms with E-state index in [4.69, 9.17) is 0 Å². The van der Waals surface area contributed by atoms with Crippen LogP contribution in [0.15, 0.2) is 48.6 Å². The second-order valence-electron chi connectivity index (χ2n) is 5.30. The van der Waals surface area contributed by atoms with E-state index in [0.29, 0.717) is 0 Å². The quantitative estimate of drug-likeness (QED) is 0.569. The molecular weight excluding hydrogens is 390 g/mol. The number of halogens is 2. The first-order valence-electron chi connectivity index (χ1n) is 7.18. The van der Waals surface area contributed by atoms with E-state index >= 15 is 0 Å². The molecule has 0 saturated carbocycles. The average Bonchev–Trinajstić information content (AvgIpc) is 3.04. The molecule has 0 heterocycles. The van der Waals surface area contributed by atoms with Crippen LogP contribution in [-0.4, -0.2) is 3.21 Å². The Balaban J connectivity index is 0.000000665. The van der Waals surface area contributed by atoms with Crippen molar-refractivity contribution in [2.75, 3.05) is 0 Å². The molecule has 2 aromatic rings. The summed E-state index contributed by atoms with van der Waals surface area (Å²) in [7, 11) is 0. The van der Waals surface area contributed by atoms with Crippen molar-refractivity contribution in [3.05, 3.63) is 59.7 Å². The van der Waals surface area contributed by atoms with Crippen molar-refractivity contribution in [2.24, 2.45) is 0 Å². The van der Waals surface area contributed by atoms with E-state index in [9.17, 15) is 0 Å². The molecule has 3 rings (SSSR count). The van der Waals surface area contributed by atoms with Gasteiger partial charge in [-0.1, -0.05) is 49.8 Å². The zero-order valence-corrected chi connectivity index (χ0v) is 17.3. The molecule has 0 aromatic heterocycles. The fourth-order valence-corrected chi connectivity index (χ4v) is 2.60. The van der Waals surface area contributed by atoms with Crippen LogP contribution >= 0.6 is 0 Å². The van der Waals surface area contributed by atoms with E-state index < -0.39 is 0 Å². The third-order valence-corrected chi connectivity index (χ3v) is 3.38. The van der Waals surface area contributed by atoms with Crippen LogP contribution < -0.4 is 24.8 Å². The smallest absolute Gasteiger partial charge is 1.00 e. The molecule has 0 N–H and O–H groups in total. The Labute approximate surface area is 161 Å². The summed E-state index contributed by atoms with van der Waals surface area (Å²) in [6.07, 6.45) is 8.83. The van der Waals surface area contributed by atoms with E-state index in [-0.39, 0.29) is 24.8 Å². The number of benzene rings is 1. The molecule has 1 aliphatic rings. The van der Waals surface area contributed by atoms with E-state index in [1.807, 2.05) is 0 Å². The molecule has 116 valence electrons. The van der Waals surface area contributed by atoms with Gasteiger partial charge in [-0.25, -0.2) is 0 Å². The third kappa shape index (κ3) is 5.37. The molecule has 1 aliphatic carbocycles. The fourth-order valence-electron chi connectivity index (χ4n) is 2.60. The minimum Gasteiger partial charge on any atom is -1.00 e. The van der Waals surface area contributed by atoms with Crippen molar-refractivity contribution in [2.45, 2.75) is 33.6 Å². The Morgan fingerprint density at radius 3 is 2.36 bits per heavy atom. The molecule has 0 spiro atoms. The van der Waals surface area contributed by atoms with Crippen LogP contribution in [0.25, 0.3) is 16.3 Å². The minimum absolute atomic E-state index is 0. The molecular formula is C19H21Cl2Zr-. The molecule has 0 unspecified atom stereocenters. The number of rotatable bonds is 2. The molecule has 0 atom stereocenters. The van der Waals surface area contributed by atoms with Crippen molar-refractivity contribution in [3.63, 3.8) is 0 Å². The van der Waals surface area contributed by atoms with Gasteiger partial charge in [0.25, 0.3) is 0 Å². The molecule has 22 heavy (non-hydrogen) atoms. The SMILES string of the molecule is CCc1c(C2=CC=CC2)[cH-]c2ccccc12.C[C](C)=[Zr+2].[Cl-].[Cl-]. The van der Waals surface area contributed by atoms with Crippen LogP contribution in [0.2, 0.25) is 0 Å². The van der Waals surface area contributed by atoms with Gasteiger partial charge in [-0.05, 0) is 6.42 Å². The van der Waals surface area contributed by atoms with Crippen molar-refractivity contribution >= 4 is 19.6 Å². The summed E-state index contributed by atoms with van der Waals surface area (Å²) in [5, 5.41) is 2.80. The molecule has 2 aromatic carbocycles. The zero-order chi connectivity index (χ0) is 14.5. The van der Waals surface area contributed by atoms with Crippen LogP contribution in [0.1, 0.15) is 38.3 Å².